The normalized spacial score (nSPS) is 46.4. The minimum atomic E-state index is -0.648. The van der Waals surface area contributed by atoms with Gasteiger partial charge in [0, 0.05) is 15.2 Å². The van der Waals surface area contributed by atoms with Crippen LogP contribution < -0.4 is 0 Å². The van der Waals surface area contributed by atoms with Gasteiger partial charge in [-0.2, -0.15) is 0 Å². The van der Waals surface area contributed by atoms with Crippen LogP contribution >= 0.6 is 0 Å². The summed E-state index contributed by atoms with van der Waals surface area (Å²) in [4.78, 5) is 0. The number of rotatable bonds is 0. The van der Waals surface area contributed by atoms with Crippen LogP contribution in [0.25, 0.3) is 0 Å². The van der Waals surface area contributed by atoms with Gasteiger partial charge in [-0.3, -0.25) is 0 Å². The van der Waals surface area contributed by atoms with E-state index in [1.165, 1.54) is 0 Å². The van der Waals surface area contributed by atoms with Gasteiger partial charge in [-0.05, 0) is 0 Å². The largest absolute Gasteiger partial charge is 0.0590 e. The van der Waals surface area contributed by atoms with E-state index in [9.17, 15) is 0 Å². The van der Waals surface area contributed by atoms with Crippen molar-refractivity contribution in [2.24, 2.45) is 0 Å². The highest BCUT2D eigenvalue weighted by Gasteiger charge is 2.55. The first-order valence-electron chi connectivity index (χ1n) is 7.37. The summed E-state index contributed by atoms with van der Waals surface area (Å²) in [6.45, 7) is 0. The highest BCUT2D eigenvalue weighted by molar-refractivity contribution is 7.43. The van der Waals surface area contributed by atoms with Crippen LogP contribution in [0.1, 0.15) is 44.9 Å². The van der Waals surface area contributed by atoms with Crippen molar-refractivity contribution in [1.29, 1.82) is 0 Å². The molecule has 2 heteroatoms. The summed E-state index contributed by atoms with van der Waals surface area (Å²) in [5.74, 6) is 0. The molecule has 3 rings (SSSR count). The van der Waals surface area contributed by atoms with E-state index in [1.807, 2.05) is 0 Å². The van der Waals surface area contributed by atoms with Crippen LogP contribution in [-0.4, -0.2) is 15.2 Å². The van der Waals surface area contributed by atoms with Crippen LogP contribution in [0.3, 0.4) is 0 Å². The van der Waals surface area contributed by atoms with Gasteiger partial charge in [-0.1, -0.05) is 81.2 Å². The van der Waals surface area contributed by atoms with Gasteiger partial charge in [0.1, 0.15) is 0 Å². The lowest BCUT2D eigenvalue weighted by Crippen LogP contribution is -2.65. The molecule has 0 aromatic rings. The first-order chi connectivity index (χ1) is 7.37. The topological polar surface area (TPSA) is 0 Å². The Morgan fingerprint density at radius 1 is 0.333 bits per heavy atom. The Kier molecular flexibility index (Phi) is 2.84. The fourth-order valence-electron chi connectivity index (χ4n) is 5.30. The molecule has 0 saturated carbocycles. The quantitative estimate of drug-likeness (QED) is 0.535. The summed E-state index contributed by atoms with van der Waals surface area (Å²) in [7, 11) is -1.30. The smallest absolute Gasteiger partial charge is 0.0479 e. The van der Waals surface area contributed by atoms with Crippen molar-refractivity contribution in [3.8, 4) is 0 Å². The predicted octanol–water partition coefficient (Wildman–Crippen LogP) is 4.73. The van der Waals surface area contributed by atoms with Gasteiger partial charge in [-0.15, -0.1) is 0 Å². The zero-order chi connectivity index (χ0) is 10.2. The van der Waals surface area contributed by atoms with Crippen molar-refractivity contribution >= 4 is 15.2 Å². The molecule has 0 aromatic carbocycles. The standard InChI is InChI=1S/C13H26Si2/c1-2-8-14-10-4-6-12-15(14,9-3-1)13-7-5-11-14/h1-13H2. The molecule has 86 valence electrons. The zero-order valence-electron chi connectivity index (χ0n) is 10.2. The summed E-state index contributed by atoms with van der Waals surface area (Å²) in [6, 6.07) is 10.7. The maximum Gasteiger partial charge on any atom is 0.0479 e. The van der Waals surface area contributed by atoms with E-state index < -0.39 is 15.2 Å². The lowest BCUT2D eigenvalue weighted by Gasteiger charge is -2.54. The monoisotopic (exact) mass is 238 g/mol. The first-order valence-corrected chi connectivity index (χ1v) is 13.6. The second-order valence-electron chi connectivity index (χ2n) is 6.54. The van der Waals surface area contributed by atoms with Crippen molar-refractivity contribution in [3.63, 3.8) is 0 Å². The van der Waals surface area contributed by atoms with Crippen molar-refractivity contribution in [2.75, 3.05) is 0 Å². The molecule has 0 amide bonds. The van der Waals surface area contributed by atoms with Crippen molar-refractivity contribution in [1.82, 2.24) is 0 Å². The zero-order valence-corrected chi connectivity index (χ0v) is 12.2. The molecule has 3 heterocycles. The lowest BCUT2D eigenvalue weighted by molar-refractivity contribution is 0.752. The minimum absolute atomic E-state index is 0.648. The number of hydrogen-bond acceptors (Lipinski definition) is 0. The van der Waals surface area contributed by atoms with Crippen LogP contribution in [0, 0.1) is 0 Å². The van der Waals surface area contributed by atoms with E-state index in [4.69, 9.17) is 0 Å². The lowest BCUT2D eigenvalue weighted by atomic mass is 10.3. The Labute approximate surface area is 96.7 Å². The third kappa shape index (κ3) is 1.59. The van der Waals surface area contributed by atoms with Crippen LogP contribution in [-0.2, 0) is 0 Å². The van der Waals surface area contributed by atoms with Crippen molar-refractivity contribution in [2.45, 2.75) is 81.2 Å². The molecule has 0 radical (unpaired) electrons. The molecule has 0 nitrogen and oxygen atoms in total. The van der Waals surface area contributed by atoms with E-state index in [-0.39, 0.29) is 0 Å². The summed E-state index contributed by atoms with van der Waals surface area (Å²) < 4.78 is 0. The Morgan fingerprint density at radius 3 is 0.933 bits per heavy atom. The average Bonchev–Trinajstić information content (AvgIpc) is 2.48. The third-order valence-electron chi connectivity index (χ3n) is 6.06. The van der Waals surface area contributed by atoms with Crippen LogP contribution in [0.4, 0.5) is 0 Å². The molecule has 0 unspecified atom stereocenters. The van der Waals surface area contributed by atoms with Gasteiger partial charge >= 0.3 is 0 Å². The summed E-state index contributed by atoms with van der Waals surface area (Å²) in [5, 5.41) is 0. The van der Waals surface area contributed by atoms with E-state index in [0.29, 0.717) is 0 Å². The molecule has 0 bridgehead atoms. The molecule has 0 N–H and O–H groups in total. The van der Waals surface area contributed by atoms with E-state index in [1.54, 1.807) is 81.2 Å². The van der Waals surface area contributed by atoms with Crippen molar-refractivity contribution in [3.05, 3.63) is 0 Å². The van der Waals surface area contributed by atoms with E-state index in [0.717, 1.165) is 0 Å². The third-order valence-corrected chi connectivity index (χ3v) is 27.4. The van der Waals surface area contributed by atoms with E-state index >= 15 is 0 Å². The molecule has 3 saturated heterocycles. The molecule has 3 aliphatic rings. The summed E-state index contributed by atoms with van der Waals surface area (Å²) >= 11 is 0. The molecule has 0 aromatic heterocycles. The molecular formula is C13H26Si2. The highest BCUT2D eigenvalue weighted by Crippen LogP contribution is 2.52. The van der Waals surface area contributed by atoms with Gasteiger partial charge in [0.05, 0.1) is 0 Å². The maximum atomic E-state index is 1.79. The Morgan fingerprint density at radius 2 is 0.600 bits per heavy atom. The van der Waals surface area contributed by atoms with Crippen molar-refractivity contribution < 1.29 is 0 Å². The summed E-state index contributed by atoms with van der Waals surface area (Å²) in [5.41, 5.74) is 0. The van der Waals surface area contributed by atoms with Gasteiger partial charge in [0.15, 0.2) is 0 Å². The molecule has 0 spiro atoms. The van der Waals surface area contributed by atoms with Crippen LogP contribution in [0.15, 0.2) is 0 Å². The second kappa shape index (κ2) is 4.03. The number of hydrogen-bond donors (Lipinski definition) is 0. The molecule has 3 fully saturated rings. The predicted molar refractivity (Wildman–Crippen MR) is 72.7 cm³/mol. The van der Waals surface area contributed by atoms with Gasteiger partial charge in [-0.25, -0.2) is 0 Å². The highest BCUT2D eigenvalue weighted by atomic mass is 29.3. The fraction of sp³-hybridized carbons (Fsp3) is 1.00. The molecule has 0 aliphatic carbocycles. The molecule has 15 heavy (non-hydrogen) atoms. The average molecular weight is 239 g/mol. The van der Waals surface area contributed by atoms with Gasteiger partial charge in [0.25, 0.3) is 0 Å². The molecule has 3 aliphatic heterocycles. The van der Waals surface area contributed by atoms with Crippen LogP contribution in [0.2, 0.25) is 36.3 Å². The van der Waals surface area contributed by atoms with E-state index in [2.05, 4.69) is 0 Å². The SMILES string of the molecule is C1CC[Si]23CCCC[Si]2(CC1)CCCC3. The van der Waals surface area contributed by atoms with Gasteiger partial charge < -0.3 is 0 Å². The van der Waals surface area contributed by atoms with Crippen LogP contribution in [0.5, 0.6) is 0 Å². The second-order valence-corrected chi connectivity index (χ2v) is 21.0. The minimum Gasteiger partial charge on any atom is -0.0590 e. The molecular weight excluding hydrogens is 212 g/mol. The summed E-state index contributed by atoms with van der Waals surface area (Å²) in [6.07, 6.45) is 11.4. The molecule has 0 atom stereocenters. The Bertz CT molecular complexity index is 201. The first kappa shape index (κ1) is 10.6. The Balaban J connectivity index is 1.94. The van der Waals surface area contributed by atoms with Gasteiger partial charge in [0.2, 0.25) is 0 Å². The Hall–Kier alpha value is 0.434. The maximum absolute atomic E-state index is 1.79. The fourth-order valence-corrected chi connectivity index (χ4v) is 28.3.